The molecule has 0 aliphatic heterocycles. The van der Waals surface area contributed by atoms with Gasteiger partial charge < -0.3 is 14.8 Å². The van der Waals surface area contributed by atoms with E-state index in [-0.39, 0.29) is 0 Å². The van der Waals surface area contributed by atoms with Gasteiger partial charge in [-0.1, -0.05) is 5.57 Å². The minimum atomic E-state index is -0.707. The predicted molar refractivity (Wildman–Crippen MR) is 69.2 cm³/mol. The minimum absolute atomic E-state index is 0.446. The molecule has 1 amide bonds. The molecule has 1 N–H and O–H groups in total. The molecule has 1 atom stereocenters. The van der Waals surface area contributed by atoms with Gasteiger partial charge in [0.05, 0.1) is 7.11 Å². The number of nitrogens with one attached hydrogen (secondary N) is 1. The van der Waals surface area contributed by atoms with Crippen molar-refractivity contribution >= 4 is 12.1 Å². The highest BCUT2D eigenvalue weighted by Gasteiger charge is 2.24. The zero-order chi connectivity index (χ0) is 14.3. The first-order valence-electron chi connectivity index (χ1n) is 5.87. The Morgan fingerprint density at radius 1 is 1.33 bits per heavy atom. The van der Waals surface area contributed by atoms with Gasteiger partial charge in [0, 0.05) is 0 Å². The first kappa shape index (κ1) is 16.5. The zero-order valence-electron chi connectivity index (χ0n) is 11.8. The Labute approximate surface area is 109 Å². The van der Waals surface area contributed by atoms with Gasteiger partial charge in [0.15, 0.2) is 0 Å². The van der Waals surface area contributed by atoms with Crippen molar-refractivity contribution in [3.63, 3.8) is 0 Å². The van der Waals surface area contributed by atoms with Gasteiger partial charge in [0.1, 0.15) is 11.6 Å². The van der Waals surface area contributed by atoms with Gasteiger partial charge in [-0.05, 0) is 40.5 Å². The molecule has 0 fully saturated rings. The fourth-order valence-electron chi connectivity index (χ4n) is 1.23. The summed E-state index contributed by atoms with van der Waals surface area (Å²) in [5.74, 6) is -0.484. The molecule has 5 nitrogen and oxygen atoms in total. The molecule has 0 bridgehead atoms. The van der Waals surface area contributed by atoms with Crippen LogP contribution in [0.25, 0.3) is 0 Å². The van der Waals surface area contributed by atoms with E-state index in [0.29, 0.717) is 12.8 Å². The smallest absolute Gasteiger partial charge is 0.408 e. The number of esters is 1. The number of methoxy groups -OCH3 is 1. The molecule has 0 saturated carbocycles. The van der Waals surface area contributed by atoms with Crippen molar-refractivity contribution < 1.29 is 19.1 Å². The first-order chi connectivity index (χ1) is 8.15. The van der Waals surface area contributed by atoms with E-state index < -0.39 is 23.7 Å². The van der Waals surface area contributed by atoms with Crippen LogP contribution in [0.1, 0.15) is 40.5 Å². The highest BCUT2D eigenvalue weighted by molar-refractivity contribution is 5.81. The van der Waals surface area contributed by atoms with E-state index in [0.717, 1.165) is 5.57 Å². The van der Waals surface area contributed by atoms with Crippen molar-refractivity contribution in [1.29, 1.82) is 0 Å². The number of allylic oxidation sites excluding steroid dienone is 1. The maximum Gasteiger partial charge on any atom is 0.408 e. The van der Waals surface area contributed by atoms with Crippen molar-refractivity contribution in [3.05, 3.63) is 12.2 Å². The second kappa shape index (κ2) is 7.03. The van der Waals surface area contributed by atoms with Crippen LogP contribution in [0.5, 0.6) is 0 Å². The maximum absolute atomic E-state index is 11.6. The van der Waals surface area contributed by atoms with Crippen molar-refractivity contribution in [2.24, 2.45) is 0 Å². The van der Waals surface area contributed by atoms with Crippen LogP contribution in [-0.4, -0.2) is 30.8 Å². The Morgan fingerprint density at radius 3 is 2.28 bits per heavy atom. The third-order valence-electron chi connectivity index (χ3n) is 2.04. The molecule has 0 aliphatic carbocycles. The lowest BCUT2D eigenvalue weighted by Crippen LogP contribution is -2.44. The van der Waals surface area contributed by atoms with Gasteiger partial charge in [0.25, 0.3) is 0 Å². The van der Waals surface area contributed by atoms with Gasteiger partial charge >= 0.3 is 12.1 Å². The van der Waals surface area contributed by atoms with Crippen molar-refractivity contribution in [2.75, 3.05) is 7.11 Å². The van der Waals surface area contributed by atoms with Crippen LogP contribution in [0.15, 0.2) is 12.2 Å². The Hall–Kier alpha value is -1.52. The molecule has 5 heteroatoms. The molecule has 0 unspecified atom stereocenters. The van der Waals surface area contributed by atoms with Crippen LogP contribution in [0.4, 0.5) is 4.79 Å². The van der Waals surface area contributed by atoms with E-state index in [4.69, 9.17) is 4.74 Å². The number of hydrogen-bond donors (Lipinski definition) is 1. The molecule has 104 valence electrons. The highest BCUT2D eigenvalue weighted by Crippen LogP contribution is 2.09. The van der Waals surface area contributed by atoms with Gasteiger partial charge in [0.2, 0.25) is 0 Å². The minimum Gasteiger partial charge on any atom is -0.467 e. The SMILES string of the molecule is C=C(C)CC[C@@H](NC(=O)OC(C)(C)C)C(=O)OC. The lowest BCUT2D eigenvalue weighted by Gasteiger charge is -2.22. The number of ether oxygens (including phenoxy) is 2. The first-order valence-corrected chi connectivity index (χ1v) is 5.87. The third-order valence-corrected chi connectivity index (χ3v) is 2.04. The molecule has 0 rings (SSSR count). The van der Waals surface area contributed by atoms with Crippen molar-refractivity contribution in [3.8, 4) is 0 Å². The quantitative estimate of drug-likeness (QED) is 0.606. The Balaban J connectivity index is 4.45. The number of hydrogen-bond acceptors (Lipinski definition) is 4. The van der Waals surface area contributed by atoms with Gasteiger partial charge in [-0.25, -0.2) is 9.59 Å². The number of amides is 1. The van der Waals surface area contributed by atoms with E-state index in [9.17, 15) is 9.59 Å². The molecule has 0 spiro atoms. The summed E-state index contributed by atoms with van der Waals surface area (Å²) in [4.78, 5) is 23.1. The largest absolute Gasteiger partial charge is 0.467 e. The standard InChI is InChI=1S/C13H23NO4/c1-9(2)7-8-10(11(15)17-6)14-12(16)18-13(3,4)5/h10H,1,7-8H2,2-6H3,(H,14,16)/t10-/m1/s1. The Bertz CT molecular complexity index is 317. The lowest BCUT2D eigenvalue weighted by molar-refractivity contribution is -0.143. The summed E-state index contributed by atoms with van der Waals surface area (Å²) < 4.78 is 9.73. The van der Waals surface area contributed by atoms with Gasteiger partial charge in [-0.15, -0.1) is 6.58 Å². The van der Waals surface area contributed by atoms with E-state index >= 15 is 0 Å². The zero-order valence-corrected chi connectivity index (χ0v) is 11.8. The summed E-state index contributed by atoms with van der Waals surface area (Å²) in [6.45, 7) is 10.9. The van der Waals surface area contributed by atoms with Gasteiger partial charge in [-0.2, -0.15) is 0 Å². The topological polar surface area (TPSA) is 64.6 Å². The Morgan fingerprint density at radius 2 is 1.89 bits per heavy atom. The molecular formula is C13H23NO4. The number of carbonyl (C=O) groups excluding carboxylic acids is 2. The van der Waals surface area contributed by atoms with Crippen LogP contribution in [0, 0.1) is 0 Å². The molecule has 0 aliphatic rings. The number of alkyl carbamates (subject to hydrolysis) is 1. The second-order valence-corrected chi connectivity index (χ2v) is 5.22. The number of rotatable bonds is 5. The molecule has 0 heterocycles. The van der Waals surface area contributed by atoms with E-state index in [1.165, 1.54) is 7.11 Å². The van der Waals surface area contributed by atoms with Crippen molar-refractivity contribution in [2.45, 2.75) is 52.2 Å². The fourth-order valence-corrected chi connectivity index (χ4v) is 1.23. The summed E-state index contributed by atoms with van der Waals surface area (Å²) in [5, 5.41) is 2.50. The van der Waals surface area contributed by atoms with Crippen LogP contribution in [-0.2, 0) is 14.3 Å². The predicted octanol–water partition coefficient (Wildman–Crippen LogP) is 2.41. The maximum atomic E-state index is 11.6. The summed E-state index contributed by atoms with van der Waals surface area (Å²) in [7, 11) is 1.28. The molecular weight excluding hydrogens is 234 g/mol. The molecule has 0 aromatic heterocycles. The molecule has 0 aromatic rings. The lowest BCUT2D eigenvalue weighted by atomic mass is 10.1. The summed E-state index contributed by atoms with van der Waals surface area (Å²) in [6.07, 6.45) is 0.455. The number of carbonyl (C=O) groups is 2. The second-order valence-electron chi connectivity index (χ2n) is 5.22. The summed E-state index contributed by atoms with van der Waals surface area (Å²) in [5.41, 5.74) is 0.342. The van der Waals surface area contributed by atoms with Crippen LogP contribution < -0.4 is 5.32 Å². The third kappa shape index (κ3) is 7.70. The van der Waals surface area contributed by atoms with E-state index in [1.54, 1.807) is 20.8 Å². The van der Waals surface area contributed by atoms with Crippen LogP contribution in [0.3, 0.4) is 0 Å². The van der Waals surface area contributed by atoms with Crippen molar-refractivity contribution in [1.82, 2.24) is 5.32 Å². The summed E-state index contributed by atoms with van der Waals surface area (Å²) in [6, 6.07) is -0.707. The average Bonchev–Trinajstić information content (AvgIpc) is 2.20. The molecule has 0 aromatic carbocycles. The van der Waals surface area contributed by atoms with E-state index in [1.807, 2.05) is 6.92 Å². The Kier molecular flexibility index (Phi) is 6.44. The van der Waals surface area contributed by atoms with Gasteiger partial charge in [-0.3, -0.25) is 0 Å². The molecule has 18 heavy (non-hydrogen) atoms. The molecule has 0 saturated heterocycles. The fraction of sp³-hybridized carbons (Fsp3) is 0.692. The monoisotopic (exact) mass is 257 g/mol. The van der Waals surface area contributed by atoms with Crippen LogP contribution in [0.2, 0.25) is 0 Å². The van der Waals surface area contributed by atoms with E-state index in [2.05, 4.69) is 16.6 Å². The highest BCUT2D eigenvalue weighted by atomic mass is 16.6. The summed E-state index contributed by atoms with van der Waals surface area (Å²) >= 11 is 0. The average molecular weight is 257 g/mol. The van der Waals surface area contributed by atoms with Crippen LogP contribution >= 0.6 is 0 Å². The molecule has 0 radical (unpaired) electrons. The normalized spacial score (nSPS) is 12.5.